The Hall–Kier alpha value is -1.52. The van der Waals surface area contributed by atoms with E-state index in [4.69, 9.17) is 11.6 Å². The lowest BCUT2D eigenvalue weighted by Gasteiger charge is -2.19. The number of nitrogens with one attached hydrogen (secondary N) is 1. The minimum Gasteiger partial charge on any atom is -0.310 e. The van der Waals surface area contributed by atoms with Crippen LogP contribution in [0.1, 0.15) is 24.1 Å². The molecule has 5 heteroatoms. The molecule has 2 rings (SSSR count). The molecule has 0 aliphatic heterocycles. The van der Waals surface area contributed by atoms with Crippen LogP contribution in [0.15, 0.2) is 36.4 Å². The van der Waals surface area contributed by atoms with Gasteiger partial charge in [0.05, 0.1) is 0 Å². The maximum Gasteiger partial charge on any atom is 0.130 e. The molecule has 0 fully saturated rings. The number of halogens is 4. The number of hydrogen-bond acceptors (Lipinski definition) is 1. The van der Waals surface area contributed by atoms with E-state index in [2.05, 4.69) is 5.32 Å². The topological polar surface area (TPSA) is 12.0 Å². The van der Waals surface area contributed by atoms with Crippen LogP contribution in [0.4, 0.5) is 13.2 Å². The maximum atomic E-state index is 13.9. The van der Waals surface area contributed by atoms with E-state index in [0.717, 1.165) is 6.07 Å². The van der Waals surface area contributed by atoms with Crippen molar-refractivity contribution in [3.05, 3.63) is 70.0 Å². The van der Waals surface area contributed by atoms with E-state index in [-0.39, 0.29) is 6.42 Å². The molecule has 21 heavy (non-hydrogen) atoms. The Labute approximate surface area is 126 Å². The third-order valence-electron chi connectivity index (χ3n) is 3.22. The van der Waals surface area contributed by atoms with Gasteiger partial charge in [-0.1, -0.05) is 24.6 Å². The van der Waals surface area contributed by atoms with Crippen LogP contribution in [0.3, 0.4) is 0 Å². The van der Waals surface area contributed by atoms with Crippen molar-refractivity contribution in [2.45, 2.75) is 19.4 Å². The van der Waals surface area contributed by atoms with Crippen molar-refractivity contribution in [2.75, 3.05) is 6.54 Å². The van der Waals surface area contributed by atoms with E-state index in [9.17, 15) is 13.2 Å². The summed E-state index contributed by atoms with van der Waals surface area (Å²) in [7, 11) is 0. The summed E-state index contributed by atoms with van der Waals surface area (Å²) in [6.45, 7) is 2.44. The average molecular weight is 314 g/mol. The Bertz CT molecular complexity index is 631. The molecule has 0 heterocycles. The summed E-state index contributed by atoms with van der Waals surface area (Å²) in [5.74, 6) is -1.69. The molecule has 2 aromatic rings. The van der Waals surface area contributed by atoms with Crippen molar-refractivity contribution < 1.29 is 13.2 Å². The smallest absolute Gasteiger partial charge is 0.130 e. The summed E-state index contributed by atoms with van der Waals surface area (Å²) in [4.78, 5) is 0. The van der Waals surface area contributed by atoms with E-state index in [1.54, 1.807) is 0 Å². The van der Waals surface area contributed by atoms with E-state index in [1.807, 2.05) is 6.92 Å². The van der Waals surface area contributed by atoms with Crippen LogP contribution in [0.25, 0.3) is 0 Å². The molecule has 1 atom stereocenters. The Balaban J connectivity index is 2.32. The van der Waals surface area contributed by atoms with Gasteiger partial charge in [0.2, 0.25) is 0 Å². The number of benzene rings is 2. The van der Waals surface area contributed by atoms with Crippen molar-refractivity contribution in [1.82, 2.24) is 5.32 Å². The van der Waals surface area contributed by atoms with Crippen molar-refractivity contribution in [1.29, 1.82) is 0 Å². The molecule has 1 N–H and O–H groups in total. The van der Waals surface area contributed by atoms with Gasteiger partial charge < -0.3 is 5.32 Å². The second-order valence-corrected chi connectivity index (χ2v) is 5.15. The molecule has 0 spiro atoms. The second-order valence-electron chi connectivity index (χ2n) is 4.72. The van der Waals surface area contributed by atoms with Gasteiger partial charge in [0.15, 0.2) is 0 Å². The number of rotatable bonds is 5. The van der Waals surface area contributed by atoms with E-state index in [1.165, 1.54) is 30.3 Å². The third kappa shape index (κ3) is 3.99. The monoisotopic (exact) mass is 313 g/mol. The largest absolute Gasteiger partial charge is 0.310 e. The summed E-state index contributed by atoms with van der Waals surface area (Å²) < 4.78 is 40.7. The summed E-state index contributed by atoms with van der Waals surface area (Å²) in [6.07, 6.45) is 0.225. The van der Waals surface area contributed by atoms with E-state index >= 15 is 0 Å². The van der Waals surface area contributed by atoms with Crippen LogP contribution in [0.5, 0.6) is 0 Å². The minimum atomic E-state index is -0.650. The highest BCUT2D eigenvalue weighted by molar-refractivity contribution is 6.30. The van der Waals surface area contributed by atoms with Gasteiger partial charge in [-0.25, -0.2) is 13.2 Å². The van der Waals surface area contributed by atoms with Crippen LogP contribution < -0.4 is 5.32 Å². The van der Waals surface area contributed by atoms with Crippen molar-refractivity contribution in [3.63, 3.8) is 0 Å². The lowest BCUT2D eigenvalue weighted by Crippen LogP contribution is -2.24. The first-order valence-electron chi connectivity index (χ1n) is 6.63. The molecule has 0 bridgehead atoms. The summed E-state index contributed by atoms with van der Waals surface area (Å²) in [5.41, 5.74) is 0.690. The molecule has 0 aromatic heterocycles. The van der Waals surface area contributed by atoms with Crippen molar-refractivity contribution in [2.24, 2.45) is 0 Å². The highest BCUT2D eigenvalue weighted by Crippen LogP contribution is 2.25. The minimum absolute atomic E-state index is 0.225. The zero-order chi connectivity index (χ0) is 15.4. The highest BCUT2D eigenvalue weighted by Gasteiger charge is 2.18. The fraction of sp³-hybridized carbons (Fsp3) is 0.250. The molecule has 2 aromatic carbocycles. The Morgan fingerprint density at radius 1 is 1.05 bits per heavy atom. The van der Waals surface area contributed by atoms with Gasteiger partial charge in [-0.2, -0.15) is 0 Å². The molecular formula is C16H15ClF3N. The lowest BCUT2D eigenvalue weighted by atomic mass is 9.98. The molecule has 0 aliphatic rings. The molecule has 0 amide bonds. The first-order chi connectivity index (χ1) is 10.0. The zero-order valence-corrected chi connectivity index (χ0v) is 12.2. The number of hydrogen-bond donors (Lipinski definition) is 1. The van der Waals surface area contributed by atoms with Gasteiger partial charge in [-0.3, -0.25) is 0 Å². The average Bonchev–Trinajstić information content (AvgIpc) is 2.42. The zero-order valence-electron chi connectivity index (χ0n) is 11.5. The van der Waals surface area contributed by atoms with Crippen LogP contribution >= 0.6 is 11.6 Å². The van der Waals surface area contributed by atoms with Crippen LogP contribution in [0, 0.1) is 17.5 Å². The van der Waals surface area contributed by atoms with Gasteiger partial charge in [0.1, 0.15) is 17.5 Å². The van der Waals surface area contributed by atoms with Gasteiger partial charge in [-0.05, 0) is 42.8 Å². The molecule has 0 saturated carbocycles. The standard InChI is InChI=1S/C16H15ClF3N/c1-2-21-16(13-5-4-12(18)9-15(13)20)8-10-7-11(17)3-6-14(10)19/h3-7,9,16,21H,2,8H2,1H3. The van der Waals surface area contributed by atoms with Crippen LogP contribution in [-0.4, -0.2) is 6.54 Å². The fourth-order valence-electron chi connectivity index (χ4n) is 2.24. The van der Waals surface area contributed by atoms with Gasteiger partial charge >= 0.3 is 0 Å². The third-order valence-corrected chi connectivity index (χ3v) is 3.46. The molecule has 0 radical (unpaired) electrons. The van der Waals surface area contributed by atoms with Gasteiger partial charge in [-0.15, -0.1) is 0 Å². The normalized spacial score (nSPS) is 12.4. The van der Waals surface area contributed by atoms with Crippen molar-refractivity contribution in [3.8, 4) is 0 Å². The highest BCUT2D eigenvalue weighted by atomic mass is 35.5. The Morgan fingerprint density at radius 2 is 1.81 bits per heavy atom. The predicted molar refractivity (Wildman–Crippen MR) is 77.9 cm³/mol. The lowest BCUT2D eigenvalue weighted by molar-refractivity contribution is 0.492. The Kier molecular flexibility index (Phi) is 5.26. The number of likely N-dealkylation sites (N-methyl/N-ethyl adjacent to an activating group) is 1. The molecule has 0 saturated heterocycles. The van der Waals surface area contributed by atoms with Gasteiger partial charge in [0, 0.05) is 22.7 Å². The fourth-order valence-corrected chi connectivity index (χ4v) is 2.44. The first-order valence-corrected chi connectivity index (χ1v) is 7.01. The molecule has 112 valence electrons. The van der Waals surface area contributed by atoms with E-state index < -0.39 is 23.5 Å². The predicted octanol–water partition coefficient (Wildman–Crippen LogP) is 4.65. The molecule has 1 nitrogen and oxygen atoms in total. The molecule has 1 unspecified atom stereocenters. The van der Waals surface area contributed by atoms with Gasteiger partial charge in [0.25, 0.3) is 0 Å². The summed E-state index contributed by atoms with van der Waals surface area (Å²) >= 11 is 5.86. The summed E-state index contributed by atoms with van der Waals surface area (Å²) in [5, 5.41) is 3.50. The maximum absolute atomic E-state index is 13.9. The molecule has 0 aliphatic carbocycles. The SMILES string of the molecule is CCNC(Cc1cc(Cl)ccc1F)c1ccc(F)cc1F. The first kappa shape index (κ1) is 15.9. The molecular weight excluding hydrogens is 299 g/mol. The quantitative estimate of drug-likeness (QED) is 0.847. The van der Waals surface area contributed by atoms with Crippen LogP contribution in [-0.2, 0) is 6.42 Å². The Morgan fingerprint density at radius 3 is 2.48 bits per heavy atom. The van der Waals surface area contributed by atoms with Crippen LogP contribution in [0.2, 0.25) is 5.02 Å². The van der Waals surface area contributed by atoms with Crippen molar-refractivity contribution >= 4 is 11.6 Å². The summed E-state index contributed by atoms with van der Waals surface area (Å²) in [6, 6.07) is 7.19. The van der Waals surface area contributed by atoms with E-state index in [0.29, 0.717) is 22.7 Å². The second kappa shape index (κ2) is 6.96.